The number of nitrogens with one attached hydrogen (secondary N) is 2. The first kappa shape index (κ1) is 18.2. The lowest BCUT2D eigenvalue weighted by Gasteiger charge is -2.10. The van der Waals surface area contributed by atoms with Crippen LogP contribution >= 0.6 is 0 Å². The largest absolute Gasteiger partial charge is 0.459 e. The van der Waals surface area contributed by atoms with E-state index in [9.17, 15) is 9.59 Å². The minimum atomic E-state index is -0.298. The van der Waals surface area contributed by atoms with Crippen LogP contribution in [-0.4, -0.2) is 11.8 Å². The Labute approximate surface area is 173 Å². The predicted molar refractivity (Wildman–Crippen MR) is 116 cm³/mol. The maximum atomic E-state index is 12.8. The molecule has 0 fully saturated rings. The van der Waals surface area contributed by atoms with E-state index in [2.05, 4.69) is 22.8 Å². The molecular formula is C25H20N2O3. The lowest BCUT2D eigenvalue weighted by atomic mass is 9.99. The molecule has 2 amide bonds. The molecule has 0 spiro atoms. The lowest BCUT2D eigenvalue weighted by Crippen LogP contribution is -2.23. The van der Waals surface area contributed by atoms with E-state index >= 15 is 0 Å². The predicted octanol–water partition coefficient (Wildman–Crippen LogP) is 4.71. The number of carbonyl (C=O) groups is 2. The molecule has 4 aromatic rings. The summed E-state index contributed by atoms with van der Waals surface area (Å²) in [6, 6.07) is 20.9. The summed E-state index contributed by atoms with van der Waals surface area (Å²) in [6.45, 7) is 0.411. The SMILES string of the molecule is O=C(Nc1ccc(CNC(=O)c2ccc3c4c(cccc24)CC3)cc1)c1ccco1. The van der Waals surface area contributed by atoms with Gasteiger partial charge in [0.15, 0.2) is 5.76 Å². The monoisotopic (exact) mass is 396 g/mol. The Kier molecular flexibility index (Phi) is 4.56. The molecule has 30 heavy (non-hydrogen) atoms. The van der Waals surface area contributed by atoms with Gasteiger partial charge >= 0.3 is 0 Å². The van der Waals surface area contributed by atoms with Crippen molar-refractivity contribution in [1.29, 1.82) is 0 Å². The summed E-state index contributed by atoms with van der Waals surface area (Å²) in [5.41, 5.74) is 4.97. The number of benzene rings is 3. The van der Waals surface area contributed by atoms with E-state index in [0.29, 0.717) is 17.8 Å². The van der Waals surface area contributed by atoms with Gasteiger partial charge in [-0.15, -0.1) is 0 Å². The molecule has 5 rings (SSSR count). The van der Waals surface area contributed by atoms with Gasteiger partial charge in [0.1, 0.15) is 0 Å². The van der Waals surface area contributed by atoms with Crippen LogP contribution in [0.25, 0.3) is 10.8 Å². The second kappa shape index (κ2) is 7.52. The van der Waals surface area contributed by atoms with Crippen LogP contribution in [-0.2, 0) is 19.4 Å². The summed E-state index contributed by atoms with van der Waals surface area (Å²) < 4.78 is 5.09. The maximum Gasteiger partial charge on any atom is 0.291 e. The van der Waals surface area contributed by atoms with Gasteiger partial charge in [-0.25, -0.2) is 0 Å². The van der Waals surface area contributed by atoms with Gasteiger partial charge in [0.2, 0.25) is 0 Å². The fourth-order valence-electron chi connectivity index (χ4n) is 4.03. The Bertz CT molecular complexity index is 1230. The molecule has 1 aliphatic carbocycles. The van der Waals surface area contributed by atoms with Crippen molar-refractivity contribution in [3.8, 4) is 0 Å². The average molecular weight is 396 g/mol. The first-order valence-electron chi connectivity index (χ1n) is 9.94. The van der Waals surface area contributed by atoms with E-state index in [1.807, 2.05) is 30.3 Å². The highest BCUT2D eigenvalue weighted by molar-refractivity contribution is 6.09. The third-order valence-electron chi connectivity index (χ3n) is 5.53. The van der Waals surface area contributed by atoms with Crippen LogP contribution < -0.4 is 10.6 Å². The molecular weight excluding hydrogens is 376 g/mol. The highest BCUT2D eigenvalue weighted by Crippen LogP contribution is 2.32. The number of carbonyl (C=O) groups excluding carboxylic acids is 2. The summed E-state index contributed by atoms with van der Waals surface area (Å²) in [6.07, 6.45) is 3.55. The molecule has 1 heterocycles. The Morgan fingerprint density at radius 2 is 1.63 bits per heavy atom. The summed E-state index contributed by atoms with van der Waals surface area (Å²) in [7, 11) is 0. The zero-order valence-corrected chi connectivity index (χ0v) is 16.3. The molecule has 5 heteroatoms. The Hall–Kier alpha value is -3.86. The van der Waals surface area contributed by atoms with Crippen molar-refractivity contribution < 1.29 is 14.0 Å². The first-order chi connectivity index (χ1) is 14.7. The van der Waals surface area contributed by atoms with E-state index in [-0.39, 0.29) is 17.6 Å². The van der Waals surface area contributed by atoms with E-state index < -0.39 is 0 Å². The number of hydrogen-bond acceptors (Lipinski definition) is 3. The highest BCUT2D eigenvalue weighted by atomic mass is 16.3. The van der Waals surface area contributed by atoms with Crippen molar-refractivity contribution in [3.05, 3.63) is 101 Å². The van der Waals surface area contributed by atoms with Crippen molar-refractivity contribution in [2.75, 3.05) is 5.32 Å². The van der Waals surface area contributed by atoms with Gasteiger partial charge in [-0.1, -0.05) is 36.4 Å². The van der Waals surface area contributed by atoms with Crippen LogP contribution in [0.4, 0.5) is 5.69 Å². The molecule has 2 N–H and O–H groups in total. The first-order valence-corrected chi connectivity index (χ1v) is 9.94. The quantitative estimate of drug-likeness (QED) is 0.513. The molecule has 5 nitrogen and oxygen atoms in total. The summed E-state index contributed by atoms with van der Waals surface area (Å²) in [4.78, 5) is 24.9. The third kappa shape index (κ3) is 3.35. The second-order valence-electron chi connectivity index (χ2n) is 7.42. The van der Waals surface area contributed by atoms with Crippen molar-refractivity contribution in [2.45, 2.75) is 19.4 Å². The number of amides is 2. The molecule has 0 radical (unpaired) electrons. The number of hydrogen-bond donors (Lipinski definition) is 2. The molecule has 0 unspecified atom stereocenters. The Balaban J connectivity index is 1.26. The van der Waals surface area contributed by atoms with Gasteiger partial charge in [0.25, 0.3) is 11.8 Å². The topological polar surface area (TPSA) is 71.3 Å². The zero-order valence-electron chi connectivity index (χ0n) is 16.3. The molecule has 0 saturated heterocycles. The normalized spacial score (nSPS) is 12.1. The molecule has 0 bridgehead atoms. The number of aryl methyl sites for hydroxylation is 2. The maximum absolute atomic E-state index is 12.8. The van der Waals surface area contributed by atoms with Crippen LogP contribution in [0.3, 0.4) is 0 Å². The molecule has 0 aliphatic heterocycles. The fourth-order valence-corrected chi connectivity index (χ4v) is 4.03. The van der Waals surface area contributed by atoms with E-state index in [0.717, 1.165) is 23.8 Å². The molecule has 0 saturated carbocycles. The van der Waals surface area contributed by atoms with E-state index in [1.165, 1.54) is 22.8 Å². The van der Waals surface area contributed by atoms with Gasteiger partial charge in [-0.3, -0.25) is 9.59 Å². The van der Waals surface area contributed by atoms with E-state index in [4.69, 9.17) is 4.42 Å². The number of anilines is 1. The van der Waals surface area contributed by atoms with Gasteiger partial charge in [0, 0.05) is 17.8 Å². The van der Waals surface area contributed by atoms with Crippen LogP contribution in [0.15, 0.2) is 77.4 Å². The highest BCUT2D eigenvalue weighted by Gasteiger charge is 2.18. The summed E-state index contributed by atoms with van der Waals surface area (Å²) in [5.74, 6) is -0.120. The molecule has 3 aromatic carbocycles. The van der Waals surface area contributed by atoms with Crippen LogP contribution in [0, 0.1) is 0 Å². The number of rotatable bonds is 5. The minimum absolute atomic E-state index is 0.0826. The third-order valence-corrected chi connectivity index (χ3v) is 5.53. The standard InChI is InChI=1S/C25H20N2O3/c28-24(21-13-10-18-9-8-17-3-1-4-20(21)23(17)18)26-15-16-6-11-19(12-7-16)27-25(29)22-5-2-14-30-22/h1-7,10-14H,8-9,15H2,(H,26,28)(H,27,29). The van der Waals surface area contributed by atoms with Gasteiger partial charge in [-0.2, -0.15) is 0 Å². The van der Waals surface area contributed by atoms with Gasteiger partial charge in [-0.05, 0) is 70.6 Å². The van der Waals surface area contributed by atoms with Gasteiger partial charge < -0.3 is 15.1 Å². The molecule has 1 aromatic heterocycles. The smallest absolute Gasteiger partial charge is 0.291 e. The van der Waals surface area contributed by atoms with Crippen molar-refractivity contribution >= 4 is 28.3 Å². The average Bonchev–Trinajstić information content (AvgIpc) is 3.45. The van der Waals surface area contributed by atoms with Gasteiger partial charge in [0.05, 0.1) is 6.26 Å². The zero-order chi connectivity index (χ0) is 20.5. The molecule has 1 aliphatic rings. The van der Waals surface area contributed by atoms with Crippen LogP contribution in [0.5, 0.6) is 0 Å². The van der Waals surface area contributed by atoms with Crippen molar-refractivity contribution in [3.63, 3.8) is 0 Å². The number of furan rings is 1. The van der Waals surface area contributed by atoms with Crippen molar-refractivity contribution in [1.82, 2.24) is 5.32 Å². The van der Waals surface area contributed by atoms with E-state index in [1.54, 1.807) is 24.3 Å². The lowest BCUT2D eigenvalue weighted by molar-refractivity contribution is 0.0951. The second-order valence-corrected chi connectivity index (χ2v) is 7.42. The summed E-state index contributed by atoms with van der Waals surface area (Å²) in [5, 5.41) is 8.05. The Morgan fingerprint density at radius 1 is 0.833 bits per heavy atom. The van der Waals surface area contributed by atoms with Crippen molar-refractivity contribution in [2.24, 2.45) is 0 Å². The van der Waals surface area contributed by atoms with Crippen LogP contribution in [0.2, 0.25) is 0 Å². The van der Waals surface area contributed by atoms with Crippen LogP contribution in [0.1, 0.15) is 37.6 Å². The Morgan fingerprint density at radius 3 is 2.40 bits per heavy atom. The molecule has 148 valence electrons. The fraction of sp³-hybridized carbons (Fsp3) is 0.120. The molecule has 0 atom stereocenters. The minimum Gasteiger partial charge on any atom is -0.459 e. The summed E-state index contributed by atoms with van der Waals surface area (Å²) >= 11 is 0.